The minimum Gasteiger partial charge on any atom is -0.490 e. The maximum Gasteiger partial charge on any atom is 0.133 e. The Balaban J connectivity index is 4.18. The van der Waals surface area contributed by atoms with Crippen molar-refractivity contribution in [3.63, 3.8) is 0 Å². The van der Waals surface area contributed by atoms with Crippen molar-refractivity contribution >= 4 is 6.21 Å². The summed E-state index contributed by atoms with van der Waals surface area (Å²) in [5.41, 5.74) is 1.24. The van der Waals surface area contributed by atoms with Crippen LogP contribution in [0.5, 0.6) is 0 Å². The summed E-state index contributed by atoms with van der Waals surface area (Å²) < 4.78 is 10.4. The summed E-state index contributed by atoms with van der Waals surface area (Å²) in [4.78, 5) is 3.94. The number of nitrogens with zero attached hydrogens (tertiary/aromatic N) is 1. The molecule has 0 aromatic rings. The Hall–Kier alpha value is -1.29. The molecule has 0 heterocycles. The van der Waals surface area contributed by atoms with E-state index in [9.17, 15) is 0 Å². The first-order valence-corrected chi connectivity index (χ1v) is 5.31. The third-order valence-corrected chi connectivity index (χ3v) is 1.83. The Kier molecular flexibility index (Phi) is 9.41. The highest BCUT2D eigenvalue weighted by molar-refractivity contribution is 5.75. The normalized spacial score (nSPS) is 13.2. The van der Waals surface area contributed by atoms with Gasteiger partial charge in [0.05, 0.1) is 12.8 Å². The van der Waals surface area contributed by atoms with Crippen molar-refractivity contribution in [3.8, 4) is 0 Å². The SMILES string of the molecule is CN=C/C(=C\C/C(C)=C/NC)OCCOC. The predicted molar refractivity (Wildman–Crippen MR) is 67.8 cm³/mol. The molecule has 0 saturated heterocycles. The van der Waals surface area contributed by atoms with Gasteiger partial charge in [0.2, 0.25) is 0 Å². The fourth-order valence-electron chi connectivity index (χ4n) is 1.09. The van der Waals surface area contributed by atoms with Gasteiger partial charge in [0, 0.05) is 21.2 Å². The van der Waals surface area contributed by atoms with Crippen LogP contribution in [0.25, 0.3) is 0 Å². The highest BCUT2D eigenvalue weighted by atomic mass is 16.5. The second-order valence-electron chi connectivity index (χ2n) is 3.32. The first kappa shape index (κ1) is 14.7. The molecule has 4 heteroatoms. The molecule has 0 aromatic carbocycles. The first-order valence-electron chi connectivity index (χ1n) is 5.31. The number of aliphatic imine (C=N–C) groups is 1. The van der Waals surface area contributed by atoms with E-state index in [0.29, 0.717) is 13.2 Å². The molecule has 0 radical (unpaired) electrons. The first-order chi connectivity index (χ1) is 7.74. The summed E-state index contributed by atoms with van der Waals surface area (Å²) in [7, 11) is 5.26. The number of ether oxygens (including phenoxy) is 2. The van der Waals surface area contributed by atoms with E-state index in [1.165, 1.54) is 5.57 Å². The zero-order chi connectivity index (χ0) is 12.2. The highest BCUT2D eigenvalue weighted by Gasteiger charge is 1.94. The van der Waals surface area contributed by atoms with E-state index in [-0.39, 0.29) is 0 Å². The van der Waals surface area contributed by atoms with Gasteiger partial charge in [-0.15, -0.1) is 0 Å². The van der Waals surface area contributed by atoms with E-state index in [2.05, 4.69) is 17.2 Å². The summed E-state index contributed by atoms with van der Waals surface area (Å²) in [5, 5.41) is 2.99. The maximum atomic E-state index is 5.49. The molecule has 1 N–H and O–H groups in total. The molecule has 0 fully saturated rings. The van der Waals surface area contributed by atoms with Crippen LogP contribution < -0.4 is 5.32 Å². The highest BCUT2D eigenvalue weighted by Crippen LogP contribution is 2.04. The fourth-order valence-corrected chi connectivity index (χ4v) is 1.09. The molecular formula is C12H22N2O2. The number of methoxy groups -OCH3 is 1. The Morgan fingerprint density at radius 3 is 2.69 bits per heavy atom. The second kappa shape index (κ2) is 10.2. The Labute approximate surface area is 98.0 Å². The standard InChI is InChI=1S/C12H22N2O2/c1-11(9-13-2)5-6-12(10-14-3)16-8-7-15-4/h6,9-10,13H,5,7-8H2,1-4H3/b11-9+,12-6+,14-10?. The van der Waals surface area contributed by atoms with Crippen molar-refractivity contribution in [3.05, 3.63) is 23.6 Å². The van der Waals surface area contributed by atoms with Gasteiger partial charge < -0.3 is 14.8 Å². The molecule has 0 amide bonds. The molecule has 4 nitrogen and oxygen atoms in total. The van der Waals surface area contributed by atoms with E-state index < -0.39 is 0 Å². The Morgan fingerprint density at radius 2 is 2.12 bits per heavy atom. The molecule has 0 aliphatic carbocycles. The van der Waals surface area contributed by atoms with Crippen LogP contribution in [-0.2, 0) is 9.47 Å². The molecular weight excluding hydrogens is 204 g/mol. The van der Waals surface area contributed by atoms with E-state index in [0.717, 1.165) is 12.2 Å². The summed E-state index contributed by atoms with van der Waals surface area (Å²) in [6.07, 6.45) is 6.52. The van der Waals surface area contributed by atoms with Crippen LogP contribution in [0.15, 0.2) is 28.6 Å². The largest absolute Gasteiger partial charge is 0.490 e. The average Bonchev–Trinajstić information content (AvgIpc) is 2.26. The van der Waals surface area contributed by atoms with Gasteiger partial charge in [-0.2, -0.15) is 0 Å². The Bertz CT molecular complexity index is 258. The second-order valence-corrected chi connectivity index (χ2v) is 3.32. The van der Waals surface area contributed by atoms with Crippen molar-refractivity contribution in [1.29, 1.82) is 0 Å². The van der Waals surface area contributed by atoms with Crippen LogP contribution in [-0.4, -0.2) is 40.6 Å². The number of hydrogen-bond donors (Lipinski definition) is 1. The molecule has 0 saturated carbocycles. The zero-order valence-corrected chi connectivity index (χ0v) is 10.6. The fraction of sp³-hybridized carbons (Fsp3) is 0.583. The van der Waals surface area contributed by atoms with Crippen LogP contribution >= 0.6 is 0 Å². The van der Waals surface area contributed by atoms with Crippen LogP contribution in [0, 0.1) is 0 Å². The van der Waals surface area contributed by atoms with Crippen molar-refractivity contribution < 1.29 is 9.47 Å². The molecule has 0 aliphatic heterocycles. The molecule has 0 atom stereocenters. The smallest absolute Gasteiger partial charge is 0.133 e. The third-order valence-electron chi connectivity index (χ3n) is 1.83. The van der Waals surface area contributed by atoms with Crippen molar-refractivity contribution in [1.82, 2.24) is 5.32 Å². The quantitative estimate of drug-likeness (QED) is 0.389. The van der Waals surface area contributed by atoms with Crippen molar-refractivity contribution in [2.75, 3.05) is 34.4 Å². The molecule has 0 bridgehead atoms. The van der Waals surface area contributed by atoms with Gasteiger partial charge in [0.15, 0.2) is 0 Å². The number of allylic oxidation sites excluding steroid dienone is 3. The molecule has 0 unspecified atom stereocenters. The summed E-state index contributed by atoms with van der Waals surface area (Å²) in [5.74, 6) is 0.781. The summed E-state index contributed by atoms with van der Waals surface area (Å²) >= 11 is 0. The summed E-state index contributed by atoms with van der Waals surface area (Å²) in [6, 6.07) is 0. The molecule has 0 aromatic heterocycles. The monoisotopic (exact) mass is 226 g/mol. The van der Waals surface area contributed by atoms with Gasteiger partial charge in [0.1, 0.15) is 12.4 Å². The lowest BCUT2D eigenvalue weighted by molar-refractivity contribution is 0.117. The van der Waals surface area contributed by atoms with Gasteiger partial charge in [-0.3, -0.25) is 4.99 Å². The van der Waals surface area contributed by atoms with Crippen LogP contribution in [0.2, 0.25) is 0 Å². The number of hydrogen-bond acceptors (Lipinski definition) is 4. The topological polar surface area (TPSA) is 42.9 Å². The predicted octanol–water partition coefficient (Wildman–Crippen LogP) is 1.75. The maximum absolute atomic E-state index is 5.49. The third kappa shape index (κ3) is 8.05. The Morgan fingerprint density at radius 1 is 1.38 bits per heavy atom. The molecule has 0 aliphatic rings. The van der Waals surface area contributed by atoms with Crippen molar-refractivity contribution in [2.24, 2.45) is 4.99 Å². The zero-order valence-electron chi connectivity index (χ0n) is 10.6. The lowest BCUT2D eigenvalue weighted by Crippen LogP contribution is -2.03. The van der Waals surface area contributed by atoms with Gasteiger partial charge in [0.25, 0.3) is 0 Å². The van der Waals surface area contributed by atoms with Crippen LogP contribution in [0.4, 0.5) is 0 Å². The number of rotatable bonds is 8. The minimum atomic E-state index is 0.545. The molecule has 92 valence electrons. The molecule has 16 heavy (non-hydrogen) atoms. The lowest BCUT2D eigenvalue weighted by atomic mass is 10.2. The van der Waals surface area contributed by atoms with Gasteiger partial charge in [-0.05, 0) is 25.6 Å². The minimum absolute atomic E-state index is 0.545. The van der Waals surface area contributed by atoms with E-state index >= 15 is 0 Å². The summed E-state index contributed by atoms with van der Waals surface area (Å²) in [6.45, 7) is 3.19. The van der Waals surface area contributed by atoms with Crippen LogP contribution in [0.3, 0.4) is 0 Å². The van der Waals surface area contributed by atoms with E-state index in [4.69, 9.17) is 9.47 Å². The van der Waals surface area contributed by atoms with Gasteiger partial charge in [-0.1, -0.05) is 5.57 Å². The lowest BCUT2D eigenvalue weighted by Gasteiger charge is -2.06. The molecule has 0 spiro atoms. The van der Waals surface area contributed by atoms with Gasteiger partial charge in [-0.25, -0.2) is 0 Å². The number of nitrogens with one attached hydrogen (secondary N) is 1. The van der Waals surface area contributed by atoms with Crippen molar-refractivity contribution in [2.45, 2.75) is 13.3 Å². The van der Waals surface area contributed by atoms with E-state index in [1.807, 2.05) is 19.3 Å². The van der Waals surface area contributed by atoms with E-state index in [1.54, 1.807) is 20.4 Å². The van der Waals surface area contributed by atoms with Gasteiger partial charge >= 0.3 is 0 Å². The average molecular weight is 226 g/mol. The van der Waals surface area contributed by atoms with Crippen LogP contribution in [0.1, 0.15) is 13.3 Å². The molecule has 0 rings (SSSR count).